The maximum Gasteiger partial charge on any atom is 0.306 e. The van der Waals surface area contributed by atoms with Gasteiger partial charge in [0.1, 0.15) is 6.61 Å². The SMILES string of the molecule is C=CCCC(=O)OC[C@H](C)NC(=O)[C@@H](CC=C)CC(=O)N1Cc2ccccc2C[C@H]1CO. The molecule has 0 saturated heterocycles. The number of carbonyl (C=O) groups excluding carboxylic acids is 3. The Morgan fingerprint density at radius 3 is 2.62 bits per heavy atom. The summed E-state index contributed by atoms with van der Waals surface area (Å²) in [5.74, 6) is -1.39. The van der Waals surface area contributed by atoms with Crippen LogP contribution in [0.2, 0.25) is 0 Å². The number of nitrogens with zero attached hydrogens (tertiary/aromatic N) is 1. The molecule has 1 aliphatic heterocycles. The third kappa shape index (κ3) is 7.34. The van der Waals surface area contributed by atoms with Crippen LogP contribution >= 0.6 is 0 Å². The van der Waals surface area contributed by atoms with E-state index in [1.807, 2.05) is 24.3 Å². The molecule has 2 amide bonds. The van der Waals surface area contributed by atoms with Gasteiger partial charge in [-0.15, -0.1) is 13.2 Å². The molecule has 1 aromatic rings. The average Bonchev–Trinajstić information content (AvgIpc) is 2.79. The molecule has 0 saturated carbocycles. The summed E-state index contributed by atoms with van der Waals surface area (Å²) in [5, 5.41) is 12.6. The molecule has 0 fully saturated rings. The van der Waals surface area contributed by atoms with E-state index in [-0.39, 0.29) is 55.9 Å². The molecule has 0 unspecified atom stereocenters. The van der Waals surface area contributed by atoms with Crippen LogP contribution in [0.5, 0.6) is 0 Å². The quantitative estimate of drug-likeness (QED) is 0.383. The van der Waals surface area contributed by atoms with Gasteiger partial charge in [0, 0.05) is 19.4 Å². The van der Waals surface area contributed by atoms with Crippen LogP contribution in [0.15, 0.2) is 49.6 Å². The summed E-state index contributed by atoms with van der Waals surface area (Å²) >= 11 is 0. The van der Waals surface area contributed by atoms with Gasteiger partial charge in [-0.2, -0.15) is 0 Å². The summed E-state index contributed by atoms with van der Waals surface area (Å²) in [5.41, 5.74) is 2.19. The number of ether oxygens (including phenoxy) is 1. The Bertz CT molecular complexity index is 822. The Morgan fingerprint density at radius 1 is 1.25 bits per heavy atom. The van der Waals surface area contributed by atoms with Gasteiger partial charge < -0.3 is 20.1 Å². The number of amides is 2. The summed E-state index contributed by atoms with van der Waals surface area (Å²) < 4.78 is 5.16. The van der Waals surface area contributed by atoms with Gasteiger partial charge in [0.25, 0.3) is 0 Å². The summed E-state index contributed by atoms with van der Waals surface area (Å²) in [6, 6.07) is 7.19. The fourth-order valence-corrected chi connectivity index (χ4v) is 3.77. The number of benzene rings is 1. The van der Waals surface area contributed by atoms with Crippen LogP contribution in [0.4, 0.5) is 0 Å². The minimum atomic E-state index is -0.588. The van der Waals surface area contributed by atoms with E-state index in [1.165, 1.54) is 0 Å². The van der Waals surface area contributed by atoms with Crippen LogP contribution in [-0.2, 0) is 32.1 Å². The number of nitrogens with one attached hydrogen (secondary N) is 1. The predicted octanol–water partition coefficient (Wildman–Crippen LogP) is 2.53. The maximum atomic E-state index is 13.1. The predicted molar refractivity (Wildman–Crippen MR) is 122 cm³/mol. The van der Waals surface area contributed by atoms with Gasteiger partial charge in [-0.3, -0.25) is 14.4 Å². The van der Waals surface area contributed by atoms with E-state index in [2.05, 4.69) is 18.5 Å². The molecule has 0 radical (unpaired) electrons. The minimum absolute atomic E-state index is 0.0162. The molecule has 3 atom stereocenters. The van der Waals surface area contributed by atoms with Crippen molar-refractivity contribution < 1.29 is 24.2 Å². The van der Waals surface area contributed by atoms with Gasteiger partial charge >= 0.3 is 5.97 Å². The van der Waals surface area contributed by atoms with E-state index >= 15 is 0 Å². The minimum Gasteiger partial charge on any atom is -0.463 e. The van der Waals surface area contributed by atoms with Crippen LogP contribution in [0.25, 0.3) is 0 Å². The number of hydrogen-bond donors (Lipinski definition) is 2. The molecule has 7 nitrogen and oxygen atoms in total. The first-order valence-electron chi connectivity index (χ1n) is 11.0. The van der Waals surface area contributed by atoms with E-state index in [9.17, 15) is 19.5 Å². The van der Waals surface area contributed by atoms with Crippen molar-refractivity contribution in [3.05, 3.63) is 60.7 Å². The Balaban J connectivity index is 1.95. The Labute approximate surface area is 190 Å². The Kier molecular flexibility index (Phi) is 10.1. The number of hydrogen-bond acceptors (Lipinski definition) is 5. The van der Waals surface area contributed by atoms with Crippen LogP contribution in [-0.4, -0.2) is 53.1 Å². The topological polar surface area (TPSA) is 95.9 Å². The highest BCUT2D eigenvalue weighted by Gasteiger charge is 2.32. The van der Waals surface area contributed by atoms with E-state index < -0.39 is 5.92 Å². The molecule has 0 aliphatic carbocycles. The van der Waals surface area contributed by atoms with Gasteiger partial charge in [0.2, 0.25) is 11.8 Å². The second kappa shape index (κ2) is 12.8. The number of fused-ring (bicyclic) bond motifs is 1. The molecule has 0 spiro atoms. The third-order valence-electron chi connectivity index (χ3n) is 5.57. The highest BCUT2D eigenvalue weighted by atomic mass is 16.5. The molecule has 1 heterocycles. The summed E-state index contributed by atoms with van der Waals surface area (Å²) in [7, 11) is 0. The first kappa shape index (κ1) is 25.3. The zero-order chi connectivity index (χ0) is 23.5. The Morgan fingerprint density at radius 2 is 1.97 bits per heavy atom. The number of allylic oxidation sites excluding steroid dienone is 2. The zero-order valence-electron chi connectivity index (χ0n) is 18.8. The lowest BCUT2D eigenvalue weighted by Crippen LogP contribution is -2.48. The fourth-order valence-electron chi connectivity index (χ4n) is 3.77. The van der Waals surface area contributed by atoms with Gasteiger partial charge in [0.15, 0.2) is 0 Å². The number of esters is 1. The molecule has 7 heteroatoms. The van der Waals surface area contributed by atoms with Crippen LogP contribution in [0.3, 0.4) is 0 Å². The largest absolute Gasteiger partial charge is 0.463 e. The lowest BCUT2D eigenvalue weighted by atomic mass is 9.92. The van der Waals surface area contributed by atoms with Crippen LogP contribution in [0, 0.1) is 5.92 Å². The van der Waals surface area contributed by atoms with Gasteiger partial charge in [-0.25, -0.2) is 0 Å². The van der Waals surface area contributed by atoms with Crippen molar-refractivity contribution in [2.24, 2.45) is 5.92 Å². The molecule has 0 aromatic heterocycles. The first-order valence-corrected chi connectivity index (χ1v) is 11.0. The van der Waals surface area contributed by atoms with E-state index in [4.69, 9.17) is 4.74 Å². The normalized spacial score (nSPS) is 16.9. The van der Waals surface area contributed by atoms with Gasteiger partial charge in [-0.1, -0.05) is 36.4 Å². The maximum absolute atomic E-state index is 13.1. The van der Waals surface area contributed by atoms with Crippen LogP contribution in [0.1, 0.15) is 43.7 Å². The van der Waals surface area contributed by atoms with Crippen LogP contribution < -0.4 is 5.32 Å². The van der Waals surface area contributed by atoms with Crippen molar-refractivity contribution in [3.8, 4) is 0 Å². The highest BCUT2D eigenvalue weighted by molar-refractivity contribution is 5.86. The van der Waals surface area contributed by atoms with E-state index in [1.54, 1.807) is 24.0 Å². The van der Waals surface area contributed by atoms with Crippen molar-refractivity contribution in [2.75, 3.05) is 13.2 Å². The van der Waals surface area contributed by atoms with Crippen molar-refractivity contribution in [2.45, 2.75) is 57.7 Å². The number of carbonyl (C=O) groups is 3. The molecule has 32 heavy (non-hydrogen) atoms. The molecular weight excluding hydrogens is 408 g/mol. The van der Waals surface area contributed by atoms with Crippen molar-refractivity contribution >= 4 is 17.8 Å². The molecule has 2 N–H and O–H groups in total. The molecule has 1 aliphatic rings. The molecule has 2 rings (SSSR count). The average molecular weight is 443 g/mol. The summed E-state index contributed by atoms with van der Waals surface area (Å²) in [6.07, 6.45) is 5.00. The van der Waals surface area contributed by atoms with E-state index in [0.717, 1.165) is 11.1 Å². The number of aliphatic hydroxyl groups is 1. The summed E-state index contributed by atoms with van der Waals surface area (Å²) in [4.78, 5) is 39.2. The molecule has 174 valence electrons. The van der Waals surface area contributed by atoms with Gasteiger partial charge in [-0.05, 0) is 37.3 Å². The fraction of sp³-hybridized carbons (Fsp3) is 0.480. The highest BCUT2D eigenvalue weighted by Crippen LogP contribution is 2.25. The molecule has 1 aromatic carbocycles. The lowest BCUT2D eigenvalue weighted by molar-refractivity contribution is -0.145. The first-order chi connectivity index (χ1) is 15.4. The number of aliphatic hydroxyl groups excluding tert-OH is 1. The molecular formula is C25H34N2O5. The zero-order valence-corrected chi connectivity index (χ0v) is 18.8. The standard InChI is InChI=1S/C25H34N2O5/c1-4-6-12-24(30)32-17-18(3)26-25(31)20(9-5-2)14-23(29)27-15-21-11-8-7-10-19(21)13-22(27)16-28/h4-5,7-8,10-11,18,20,22,28H,1-2,6,9,12-17H2,3H3,(H,26,31)/t18-,20-,22-/m0/s1. The smallest absolute Gasteiger partial charge is 0.306 e. The molecule has 0 bridgehead atoms. The number of rotatable bonds is 12. The monoisotopic (exact) mass is 442 g/mol. The lowest BCUT2D eigenvalue weighted by Gasteiger charge is -2.36. The summed E-state index contributed by atoms with van der Waals surface area (Å²) in [6.45, 7) is 9.36. The Hall–Kier alpha value is -2.93. The second-order valence-electron chi connectivity index (χ2n) is 8.18. The van der Waals surface area contributed by atoms with Crippen molar-refractivity contribution in [1.82, 2.24) is 10.2 Å². The van der Waals surface area contributed by atoms with Crippen molar-refractivity contribution in [1.29, 1.82) is 0 Å². The van der Waals surface area contributed by atoms with Crippen molar-refractivity contribution in [3.63, 3.8) is 0 Å². The van der Waals surface area contributed by atoms with E-state index in [0.29, 0.717) is 25.8 Å². The third-order valence-corrected chi connectivity index (χ3v) is 5.57. The van der Waals surface area contributed by atoms with Gasteiger partial charge in [0.05, 0.1) is 24.6 Å². The second-order valence-corrected chi connectivity index (χ2v) is 8.18.